The molecule has 188 valence electrons. The topological polar surface area (TPSA) is 64.7 Å². The number of carbonyl (C=O) groups is 1. The zero-order chi connectivity index (χ0) is 25.0. The van der Waals surface area contributed by atoms with E-state index in [0.717, 1.165) is 54.0 Å². The van der Waals surface area contributed by atoms with Gasteiger partial charge < -0.3 is 5.32 Å². The lowest BCUT2D eigenvalue weighted by atomic mass is 9.48. The minimum Gasteiger partial charge on any atom is -0.319 e. The van der Waals surface area contributed by atoms with E-state index in [9.17, 15) is 4.79 Å². The lowest BCUT2D eigenvalue weighted by molar-refractivity contribution is -0.00765. The predicted octanol–water partition coefficient (Wildman–Crippen LogP) is 6.49. The number of nitrogens with zero attached hydrogens (tertiary/aromatic N) is 4. The Morgan fingerprint density at radius 1 is 0.946 bits per heavy atom. The summed E-state index contributed by atoms with van der Waals surface area (Å²) >= 11 is 6.32. The predicted molar refractivity (Wildman–Crippen MR) is 144 cm³/mol. The molecule has 4 fully saturated rings. The Morgan fingerprint density at radius 2 is 1.62 bits per heavy atom. The highest BCUT2D eigenvalue weighted by molar-refractivity contribution is 6.31. The molecule has 1 amide bonds. The average molecular weight is 512 g/mol. The molecule has 4 aliphatic carbocycles. The van der Waals surface area contributed by atoms with Crippen LogP contribution in [-0.2, 0) is 12.0 Å². The van der Waals surface area contributed by atoms with Crippen molar-refractivity contribution in [2.75, 3.05) is 5.32 Å². The van der Waals surface area contributed by atoms with Crippen LogP contribution in [0.25, 0.3) is 5.69 Å². The second-order valence-corrected chi connectivity index (χ2v) is 11.7. The third kappa shape index (κ3) is 4.17. The molecule has 0 atom stereocenters. The highest BCUT2D eigenvalue weighted by atomic mass is 35.5. The number of aromatic nitrogens is 4. The van der Waals surface area contributed by atoms with Gasteiger partial charge in [-0.05, 0) is 80.0 Å². The Bertz CT molecular complexity index is 1420. The van der Waals surface area contributed by atoms with Gasteiger partial charge in [-0.25, -0.2) is 4.68 Å². The number of hydrogen-bond acceptors (Lipinski definition) is 3. The van der Waals surface area contributed by atoms with Crippen LogP contribution in [0.5, 0.6) is 0 Å². The maximum absolute atomic E-state index is 13.8. The molecular formula is C30H30ClN5O. The maximum atomic E-state index is 13.8. The fraction of sp³-hybridized carbons (Fsp3) is 0.367. The summed E-state index contributed by atoms with van der Waals surface area (Å²) in [6.45, 7) is 0.542. The average Bonchev–Trinajstić information content (AvgIpc) is 3.53. The molecule has 4 aromatic rings. The molecule has 1 N–H and O–H groups in total. The van der Waals surface area contributed by atoms with E-state index < -0.39 is 0 Å². The third-order valence-electron chi connectivity index (χ3n) is 8.70. The maximum Gasteiger partial charge on any atom is 0.259 e. The van der Waals surface area contributed by atoms with Crippen LogP contribution in [0.1, 0.15) is 60.1 Å². The van der Waals surface area contributed by atoms with Gasteiger partial charge in [0.05, 0.1) is 35.4 Å². The van der Waals surface area contributed by atoms with Crippen molar-refractivity contribution in [3.05, 3.63) is 95.0 Å². The fourth-order valence-corrected chi connectivity index (χ4v) is 7.76. The molecule has 0 aliphatic heterocycles. The number of anilines is 1. The van der Waals surface area contributed by atoms with Crippen molar-refractivity contribution < 1.29 is 4.79 Å². The minimum atomic E-state index is -0.120. The van der Waals surface area contributed by atoms with Gasteiger partial charge in [0.1, 0.15) is 0 Å². The summed E-state index contributed by atoms with van der Waals surface area (Å²) in [5.41, 5.74) is 4.30. The highest BCUT2D eigenvalue weighted by Crippen LogP contribution is 2.60. The number of rotatable bonds is 6. The van der Waals surface area contributed by atoms with Crippen LogP contribution in [0.2, 0.25) is 5.02 Å². The van der Waals surface area contributed by atoms with Gasteiger partial charge in [-0.15, -0.1) is 0 Å². The summed E-state index contributed by atoms with van der Waals surface area (Å²) in [7, 11) is 0. The van der Waals surface area contributed by atoms with E-state index in [0.29, 0.717) is 22.8 Å². The molecule has 37 heavy (non-hydrogen) atoms. The Kier molecular flexibility index (Phi) is 5.47. The molecule has 6 nitrogen and oxygen atoms in total. The van der Waals surface area contributed by atoms with E-state index >= 15 is 0 Å². The molecule has 0 saturated heterocycles. The van der Waals surface area contributed by atoms with Crippen LogP contribution in [0, 0.1) is 17.8 Å². The number of hydrogen-bond donors (Lipinski definition) is 1. The van der Waals surface area contributed by atoms with Crippen molar-refractivity contribution in [3.63, 3.8) is 0 Å². The number of para-hydroxylation sites is 1. The second-order valence-electron chi connectivity index (χ2n) is 11.3. The smallest absolute Gasteiger partial charge is 0.259 e. The van der Waals surface area contributed by atoms with E-state index in [1.165, 1.54) is 19.3 Å². The molecule has 2 heterocycles. The molecule has 2 aromatic heterocycles. The van der Waals surface area contributed by atoms with Gasteiger partial charge in [0.15, 0.2) is 0 Å². The van der Waals surface area contributed by atoms with E-state index in [2.05, 4.69) is 10.4 Å². The molecule has 7 heteroatoms. The largest absolute Gasteiger partial charge is 0.319 e. The Hall–Kier alpha value is -3.38. The van der Waals surface area contributed by atoms with Gasteiger partial charge in [-0.2, -0.15) is 10.2 Å². The molecule has 8 rings (SSSR count). The SMILES string of the molecule is O=C(Nc1cnn(Cc2ccccc2Cl)c1)c1cn(-c2ccccc2)nc1C12CC3CC(CC(C3)C1)C2. The summed E-state index contributed by atoms with van der Waals surface area (Å²) < 4.78 is 3.69. The number of carbonyl (C=O) groups excluding carboxylic acids is 1. The third-order valence-corrected chi connectivity index (χ3v) is 9.07. The van der Waals surface area contributed by atoms with Crippen molar-refractivity contribution in [2.24, 2.45) is 17.8 Å². The Labute approximate surface area is 221 Å². The molecule has 0 spiro atoms. The van der Waals surface area contributed by atoms with Crippen LogP contribution in [-0.4, -0.2) is 25.5 Å². The van der Waals surface area contributed by atoms with Crippen molar-refractivity contribution >= 4 is 23.2 Å². The van der Waals surface area contributed by atoms with Crippen LogP contribution < -0.4 is 5.32 Å². The van der Waals surface area contributed by atoms with Crippen molar-refractivity contribution in [1.29, 1.82) is 0 Å². The van der Waals surface area contributed by atoms with E-state index in [-0.39, 0.29) is 11.3 Å². The first-order chi connectivity index (χ1) is 18.0. The van der Waals surface area contributed by atoms with Crippen LogP contribution >= 0.6 is 11.6 Å². The summed E-state index contributed by atoms with van der Waals surface area (Å²) in [5.74, 6) is 2.19. The van der Waals surface area contributed by atoms with Crippen LogP contribution in [0.4, 0.5) is 5.69 Å². The van der Waals surface area contributed by atoms with Gasteiger partial charge in [-0.3, -0.25) is 9.48 Å². The normalized spacial score (nSPS) is 25.9. The Morgan fingerprint density at radius 3 is 2.32 bits per heavy atom. The zero-order valence-electron chi connectivity index (χ0n) is 20.7. The first kappa shape index (κ1) is 22.8. The van der Waals surface area contributed by atoms with Crippen LogP contribution in [0.15, 0.2) is 73.2 Å². The zero-order valence-corrected chi connectivity index (χ0v) is 21.4. The van der Waals surface area contributed by atoms with Crippen molar-refractivity contribution in [3.8, 4) is 5.69 Å². The van der Waals surface area contributed by atoms with Gasteiger partial charge in [0, 0.05) is 22.8 Å². The summed E-state index contributed by atoms with van der Waals surface area (Å²) in [6.07, 6.45) is 13.0. The summed E-state index contributed by atoms with van der Waals surface area (Å²) in [5, 5.41) is 13.4. The van der Waals surface area contributed by atoms with Crippen molar-refractivity contribution in [1.82, 2.24) is 19.6 Å². The number of amides is 1. The number of benzene rings is 2. The van der Waals surface area contributed by atoms with E-state index in [4.69, 9.17) is 16.7 Å². The summed E-state index contributed by atoms with van der Waals surface area (Å²) in [6, 6.07) is 17.8. The molecule has 2 aromatic carbocycles. The molecule has 4 saturated carbocycles. The quantitative estimate of drug-likeness (QED) is 0.322. The molecule has 4 bridgehead atoms. The standard InChI is InChI=1S/C30H30ClN5O/c31-27-9-5-4-6-23(27)17-35-18-24(16-32-35)33-29(37)26-19-36(25-7-2-1-3-8-25)34-28(26)30-13-20-10-21(14-30)12-22(11-20)15-30/h1-9,16,18-22H,10-15,17H2,(H,33,37). The fourth-order valence-electron chi connectivity index (χ4n) is 7.56. The first-order valence-corrected chi connectivity index (χ1v) is 13.7. The van der Waals surface area contributed by atoms with Gasteiger partial charge in [0.2, 0.25) is 0 Å². The molecule has 4 aliphatic rings. The van der Waals surface area contributed by atoms with E-state index in [1.807, 2.05) is 71.7 Å². The molecular weight excluding hydrogens is 482 g/mol. The number of nitrogens with one attached hydrogen (secondary N) is 1. The first-order valence-electron chi connectivity index (χ1n) is 13.3. The lowest BCUT2D eigenvalue weighted by Crippen LogP contribution is -2.49. The molecule has 0 unspecified atom stereocenters. The minimum absolute atomic E-state index is 0.00962. The van der Waals surface area contributed by atoms with Gasteiger partial charge in [0.25, 0.3) is 5.91 Å². The highest BCUT2D eigenvalue weighted by Gasteiger charge is 2.53. The number of halogens is 1. The van der Waals surface area contributed by atoms with Crippen LogP contribution in [0.3, 0.4) is 0 Å². The molecule has 0 radical (unpaired) electrons. The van der Waals surface area contributed by atoms with Gasteiger partial charge >= 0.3 is 0 Å². The Balaban J connectivity index is 1.20. The van der Waals surface area contributed by atoms with Crippen molar-refractivity contribution in [2.45, 2.75) is 50.5 Å². The van der Waals surface area contributed by atoms with E-state index in [1.54, 1.807) is 10.9 Å². The second kappa shape index (κ2) is 8.88. The van der Waals surface area contributed by atoms with Gasteiger partial charge in [-0.1, -0.05) is 48.0 Å². The summed E-state index contributed by atoms with van der Waals surface area (Å²) in [4.78, 5) is 13.8. The monoisotopic (exact) mass is 511 g/mol. The lowest BCUT2D eigenvalue weighted by Gasteiger charge is -2.56.